The second kappa shape index (κ2) is 7.99. The summed E-state index contributed by atoms with van der Waals surface area (Å²) in [6, 6.07) is 5.00. The van der Waals surface area contributed by atoms with E-state index in [4.69, 9.17) is 0 Å². The molecule has 2 N–H and O–H groups in total. The molecule has 36 heavy (non-hydrogen) atoms. The fourth-order valence-corrected chi connectivity index (χ4v) is 5.06. The molecule has 2 fully saturated rings. The van der Waals surface area contributed by atoms with Gasteiger partial charge in [-0.15, -0.1) is 0 Å². The minimum Gasteiger partial charge on any atom is -0.369 e. The van der Waals surface area contributed by atoms with Crippen molar-refractivity contribution in [3.63, 3.8) is 0 Å². The molecule has 184 valence electrons. The molecule has 2 aliphatic rings. The Kier molecular flexibility index (Phi) is 4.98. The van der Waals surface area contributed by atoms with Gasteiger partial charge in [-0.05, 0) is 32.3 Å². The van der Waals surface area contributed by atoms with E-state index in [1.165, 1.54) is 16.7 Å². The smallest absolute Gasteiger partial charge is 0.260 e. The van der Waals surface area contributed by atoms with Crippen LogP contribution in [0, 0.1) is 29.9 Å². The van der Waals surface area contributed by atoms with E-state index >= 15 is 4.39 Å². The number of fused-ring (bicyclic) bond motifs is 2. The van der Waals surface area contributed by atoms with Crippen molar-refractivity contribution in [2.45, 2.75) is 37.8 Å². The van der Waals surface area contributed by atoms with E-state index < -0.39 is 23.1 Å². The van der Waals surface area contributed by atoms with Crippen LogP contribution < -0.4 is 15.5 Å². The summed E-state index contributed by atoms with van der Waals surface area (Å²) in [5.41, 5.74) is 1.22. The molecule has 1 aliphatic heterocycles. The molecular weight excluding hydrogens is 466 g/mol. The Labute approximate surface area is 205 Å². The van der Waals surface area contributed by atoms with Crippen molar-refractivity contribution in [2.24, 2.45) is 7.05 Å². The van der Waals surface area contributed by atoms with Crippen LogP contribution in [-0.4, -0.2) is 49.7 Å². The van der Waals surface area contributed by atoms with Crippen LogP contribution in [0.5, 0.6) is 0 Å². The van der Waals surface area contributed by atoms with Crippen LogP contribution in [0.4, 0.5) is 20.2 Å². The summed E-state index contributed by atoms with van der Waals surface area (Å²) >= 11 is 0. The first-order valence-corrected chi connectivity index (χ1v) is 11.8. The number of aromatic nitrogens is 4. The maximum atomic E-state index is 15.5. The molecule has 0 radical (unpaired) electrons. The highest BCUT2D eigenvalue weighted by Gasteiger charge is 2.45. The van der Waals surface area contributed by atoms with Crippen molar-refractivity contribution < 1.29 is 13.6 Å². The molecule has 4 heterocycles. The van der Waals surface area contributed by atoms with E-state index in [-0.39, 0.29) is 28.5 Å². The molecule has 1 saturated carbocycles. The molecule has 1 saturated heterocycles. The highest BCUT2D eigenvalue weighted by Crippen LogP contribution is 2.37. The number of nitriles is 1. The first-order valence-electron chi connectivity index (χ1n) is 11.8. The van der Waals surface area contributed by atoms with Gasteiger partial charge in [0.15, 0.2) is 11.5 Å². The first kappa shape index (κ1) is 22.4. The molecule has 0 bridgehead atoms. The SMILES string of the molecule is Cc1cn2cc(NC(=O)c3c(F)cc(N4CC[C@@H](NC5(C#N)CC5)C4)c4cn(C)nc34)cc(F)c2n1. The topological polar surface area (TPSA) is 103 Å². The molecule has 1 aliphatic carbocycles. The number of rotatable bonds is 5. The van der Waals surface area contributed by atoms with Crippen LogP contribution in [0.1, 0.15) is 35.3 Å². The number of benzene rings is 1. The van der Waals surface area contributed by atoms with E-state index in [2.05, 4.69) is 31.7 Å². The number of aryl methyl sites for hydroxylation is 2. The third-order valence-corrected chi connectivity index (χ3v) is 6.93. The Balaban J connectivity index is 1.31. The van der Waals surface area contributed by atoms with E-state index in [1.807, 2.05) is 0 Å². The summed E-state index contributed by atoms with van der Waals surface area (Å²) in [5, 5.41) is 20.5. The van der Waals surface area contributed by atoms with Crippen molar-refractivity contribution in [2.75, 3.05) is 23.3 Å². The highest BCUT2D eigenvalue weighted by atomic mass is 19.1. The molecule has 1 amide bonds. The van der Waals surface area contributed by atoms with Crippen molar-refractivity contribution in [1.82, 2.24) is 24.5 Å². The second-order valence-corrected chi connectivity index (χ2v) is 9.73. The molecule has 3 aromatic heterocycles. The first-order chi connectivity index (χ1) is 17.2. The lowest BCUT2D eigenvalue weighted by molar-refractivity contribution is 0.102. The van der Waals surface area contributed by atoms with Gasteiger partial charge < -0.3 is 14.6 Å². The monoisotopic (exact) mass is 490 g/mol. The predicted octanol–water partition coefficient (Wildman–Crippen LogP) is 3.28. The molecule has 6 rings (SSSR count). The molecule has 1 aromatic carbocycles. The highest BCUT2D eigenvalue weighted by molar-refractivity contribution is 6.14. The van der Waals surface area contributed by atoms with Gasteiger partial charge in [0.05, 0.1) is 23.1 Å². The summed E-state index contributed by atoms with van der Waals surface area (Å²) < 4.78 is 33.0. The molecule has 11 heteroatoms. The van der Waals surface area contributed by atoms with Gasteiger partial charge in [0.2, 0.25) is 0 Å². The number of amides is 1. The summed E-state index contributed by atoms with van der Waals surface area (Å²) in [4.78, 5) is 19.4. The Morgan fingerprint density at radius 1 is 1.22 bits per heavy atom. The van der Waals surface area contributed by atoms with Gasteiger partial charge in [-0.2, -0.15) is 10.4 Å². The average molecular weight is 491 g/mol. The molecule has 4 aromatic rings. The van der Waals surface area contributed by atoms with E-state index in [0.717, 1.165) is 25.3 Å². The van der Waals surface area contributed by atoms with Crippen molar-refractivity contribution in [3.05, 3.63) is 53.6 Å². The maximum absolute atomic E-state index is 15.5. The third kappa shape index (κ3) is 3.74. The van der Waals surface area contributed by atoms with E-state index in [9.17, 15) is 14.4 Å². The standard InChI is InChI=1S/C25H24F2N8O/c1-14-9-35-11-16(7-19(27)23(35)29-14)30-24(36)21-18(26)8-20(17-12-33(2)32-22(17)21)34-6-3-15(10-34)31-25(13-28)4-5-25/h7-9,11-12,15,31H,3-6,10H2,1-2H3,(H,30,36)/t15-/m1/s1. The lowest BCUT2D eigenvalue weighted by Gasteiger charge is -2.22. The van der Waals surface area contributed by atoms with Crippen LogP contribution in [0.15, 0.2) is 30.7 Å². The lowest BCUT2D eigenvalue weighted by Crippen LogP contribution is -2.41. The number of carbonyl (C=O) groups excluding carboxylic acids is 1. The van der Waals surface area contributed by atoms with Gasteiger partial charge >= 0.3 is 0 Å². The minimum atomic E-state index is -0.719. The number of carbonyl (C=O) groups is 1. The number of pyridine rings is 1. The van der Waals surface area contributed by atoms with Crippen molar-refractivity contribution in [3.8, 4) is 6.07 Å². The summed E-state index contributed by atoms with van der Waals surface area (Å²) in [6.07, 6.45) is 7.46. The summed E-state index contributed by atoms with van der Waals surface area (Å²) in [7, 11) is 1.71. The van der Waals surface area contributed by atoms with Gasteiger partial charge in [-0.1, -0.05) is 0 Å². The second-order valence-electron chi connectivity index (χ2n) is 9.73. The summed E-state index contributed by atoms with van der Waals surface area (Å²) in [5.74, 6) is -2.02. The van der Waals surface area contributed by atoms with Crippen LogP contribution in [0.25, 0.3) is 16.6 Å². The maximum Gasteiger partial charge on any atom is 0.260 e. The Hall–Kier alpha value is -4.04. The number of imidazole rings is 1. The number of nitrogens with zero attached hydrogens (tertiary/aromatic N) is 6. The van der Waals surface area contributed by atoms with Crippen molar-refractivity contribution in [1.29, 1.82) is 5.26 Å². The summed E-state index contributed by atoms with van der Waals surface area (Å²) in [6.45, 7) is 3.06. The fraction of sp³-hybridized carbons (Fsp3) is 0.360. The van der Waals surface area contributed by atoms with Gasteiger partial charge in [0.25, 0.3) is 5.91 Å². The van der Waals surface area contributed by atoms with Crippen LogP contribution >= 0.6 is 0 Å². The predicted molar refractivity (Wildman–Crippen MR) is 130 cm³/mol. The third-order valence-electron chi connectivity index (χ3n) is 6.93. The van der Waals surface area contributed by atoms with Crippen LogP contribution in [0.3, 0.4) is 0 Å². The average Bonchev–Trinajstić information content (AvgIpc) is 3.10. The lowest BCUT2D eigenvalue weighted by atomic mass is 10.1. The number of hydrogen-bond donors (Lipinski definition) is 2. The molecule has 9 nitrogen and oxygen atoms in total. The zero-order valence-electron chi connectivity index (χ0n) is 19.8. The fourth-order valence-electron chi connectivity index (χ4n) is 5.06. The van der Waals surface area contributed by atoms with E-state index in [0.29, 0.717) is 29.9 Å². The quantitative estimate of drug-likeness (QED) is 0.445. The van der Waals surface area contributed by atoms with Gasteiger partial charge in [0, 0.05) is 56.2 Å². The zero-order chi connectivity index (χ0) is 25.2. The van der Waals surface area contributed by atoms with Gasteiger partial charge in [0.1, 0.15) is 22.4 Å². The molecule has 0 spiro atoms. The Morgan fingerprint density at radius 3 is 2.78 bits per heavy atom. The normalized spacial score (nSPS) is 18.6. The molecule has 0 unspecified atom stereocenters. The largest absolute Gasteiger partial charge is 0.369 e. The van der Waals surface area contributed by atoms with Crippen LogP contribution in [-0.2, 0) is 7.05 Å². The van der Waals surface area contributed by atoms with Crippen LogP contribution in [0.2, 0.25) is 0 Å². The van der Waals surface area contributed by atoms with E-state index in [1.54, 1.807) is 31.0 Å². The Bertz CT molecular complexity index is 1580. The number of nitrogens with one attached hydrogen (secondary N) is 2. The zero-order valence-corrected chi connectivity index (χ0v) is 19.8. The number of halogens is 2. The molecular formula is C25H24F2N8O. The van der Waals surface area contributed by atoms with Gasteiger partial charge in [-0.25, -0.2) is 13.8 Å². The molecule has 1 atom stereocenters. The number of hydrogen-bond acceptors (Lipinski definition) is 6. The minimum absolute atomic E-state index is 0.126. The van der Waals surface area contributed by atoms with Gasteiger partial charge in [-0.3, -0.25) is 14.8 Å². The Morgan fingerprint density at radius 2 is 2.03 bits per heavy atom. The number of anilines is 2. The van der Waals surface area contributed by atoms with Crippen molar-refractivity contribution >= 4 is 33.8 Å².